The second-order valence-corrected chi connectivity index (χ2v) is 5.55. The first-order valence-corrected chi connectivity index (χ1v) is 6.11. The Labute approximate surface area is 94.6 Å². The maximum atomic E-state index is 6.07. The number of rotatable bonds is 5. The molecule has 1 aliphatic heterocycles. The Kier molecular flexibility index (Phi) is 5.03. The summed E-state index contributed by atoms with van der Waals surface area (Å²) in [6.45, 7) is 9.13. The van der Waals surface area contributed by atoms with Crippen LogP contribution in [0.5, 0.6) is 0 Å². The van der Waals surface area contributed by atoms with Gasteiger partial charge in [-0.05, 0) is 38.9 Å². The Balaban J connectivity index is 2.21. The van der Waals surface area contributed by atoms with Crippen LogP contribution in [0.2, 0.25) is 0 Å². The normalized spacial score (nSPS) is 25.4. The first kappa shape index (κ1) is 12.9. The Hall–Kier alpha value is -0.120. The van der Waals surface area contributed by atoms with Crippen LogP contribution in [0.3, 0.4) is 0 Å². The molecule has 0 spiro atoms. The van der Waals surface area contributed by atoms with Crippen LogP contribution in [-0.2, 0) is 0 Å². The molecule has 1 rings (SSSR count). The minimum absolute atomic E-state index is 0.314. The molecule has 2 N–H and O–H groups in total. The molecule has 3 heteroatoms. The average Bonchev–Trinajstić information content (AvgIpc) is 2.50. The zero-order chi connectivity index (χ0) is 11.4. The van der Waals surface area contributed by atoms with Crippen molar-refractivity contribution in [1.82, 2.24) is 9.80 Å². The quantitative estimate of drug-likeness (QED) is 0.735. The van der Waals surface area contributed by atoms with E-state index in [0.717, 1.165) is 12.5 Å². The smallest absolute Gasteiger partial charge is 0.0191 e. The molecule has 2 atom stereocenters. The Morgan fingerprint density at radius 1 is 1.47 bits per heavy atom. The molecule has 1 fully saturated rings. The highest BCUT2D eigenvalue weighted by molar-refractivity contribution is 4.77. The summed E-state index contributed by atoms with van der Waals surface area (Å²) in [5.41, 5.74) is 6.07. The van der Waals surface area contributed by atoms with Gasteiger partial charge in [-0.2, -0.15) is 0 Å². The molecule has 15 heavy (non-hydrogen) atoms. The molecule has 2 unspecified atom stereocenters. The lowest BCUT2D eigenvalue weighted by Gasteiger charge is -2.25. The largest absolute Gasteiger partial charge is 0.326 e. The maximum Gasteiger partial charge on any atom is 0.0191 e. The van der Waals surface area contributed by atoms with E-state index in [1.54, 1.807) is 0 Å². The van der Waals surface area contributed by atoms with Gasteiger partial charge in [-0.3, -0.25) is 0 Å². The van der Waals surface area contributed by atoms with E-state index in [1.807, 2.05) is 0 Å². The van der Waals surface area contributed by atoms with E-state index in [-0.39, 0.29) is 0 Å². The SMILES string of the molecule is CC(C)C(N)CN(C)CC1CCN(C)C1. The van der Waals surface area contributed by atoms with Crippen LogP contribution in [0.25, 0.3) is 0 Å². The third-order valence-electron chi connectivity index (χ3n) is 3.44. The van der Waals surface area contributed by atoms with Crippen molar-refractivity contribution < 1.29 is 0 Å². The van der Waals surface area contributed by atoms with Crippen molar-refractivity contribution in [2.24, 2.45) is 17.6 Å². The Bertz CT molecular complexity index is 182. The van der Waals surface area contributed by atoms with E-state index in [0.29, 0.717) is 12.0 Å². The molecule has 0 aromatic heterocycles. The van der Waals surface area contributed by atoms with Gasteiger partial charge in [-0.1, -0.05) is 13.8 Å². The van der Waals surface area contributed by atoms with Crippen molar-refractivity contribution in [3.05, 3.63) is 0 Å². The molecule has 1 aliphatic rings. The highest BCUT2D eigenvalue weighted by Crippen LogP contribution is 2.15. The zero-order valence-electron chi connectivity index (χ0n) is 10.7. The summed E-state index contributed by atoms with van der Waals surface area (Å²) in [6, 6.07) is 0.314. The van der Waals surface area contributed by atoms with Gasteiger partial charge in [-0.25, -0.2) is 0 Å². The molecular weight excluding hydrogens is 186 g/mol. The van der Waals surface area contributed by atoms with E-state index in [4.69, 9.17) is 5.73 Å². The molecule has 1 saturated heterocycles. The van der Waals surface area contributed by atoms with E-state index < -0.39 is 0 Å². The first-order chi connectivity index (χ1) is 6.99. The molecule has 1 heterocycles. The second kappa shape index (κ2) is 5.83. The molecule has 0 aromatic carbocycles. The van der Waals surface area contributed by atoms with Crippen LogP contribution >= 0.6 is 0 Å². The highest BCUT2D eigenvalue weighted by Gasteiger charge is 2.21. The fourth-order valence-electron chi connectivity index (χ4n) is 2.26. The summed E-state index contributed by atoms with van der Waals surface area (Å²) in [5.74, 6) is 1.43. The lowest BCUT2D eigenvalue weighted by Crippen LogP contribution is -2.40. The van der Waals surface area contributed by atoms with Crippen LogP contribution in [-0.4, -0.2) is 56.1 Å². The van der Waals surface area contributed by atoms with Gasteiger partial charge in [0.2, 0.25) is 0 Å². The van der Waals surface area contributed by atoms with E-state index >= 15 is 0 Å². The van der Waals surface area contributed by atoms with E-state index in [9.17, 15) is 0 Å². The third-order valence-corrected chi connectivity index (χ3v) is 3.44. The fraction of sp³-hybridized carbons (Fsp3) is 1.00. The van der Waals surface area contributed by atoms with Crippen molar-refractivity contribution in [3.8, 4) is 0 Å². The average molecular weight is 213 g/mol. The van der Waals surface area contributed by atoms with Crippen molar-refractivity contribution in [1.29, 1.82) is 0 Å². The lowest BCUT2D eigenvalue weighted by molar-refractivity contribution is 0.243. The molecule has 0 radical (unpaired) electrons. The van der Waals surface area contributed by atoms with Crippen molar-refractivity contribution in [2.75, 3.05) is 40.3 Å². The van der Waals surface area contributed by atoms with Gasteiger partial charge in [0.05, 0.1) is 0 Å². The monoisotopic (exact) mass is 213 g/mol. The number of likely N-dealkylation sites (tertiary alicyclic amines) is 1. The van der Waals surface area contributed by atoms with Crippen molar-refractivity contribution in [2.45, 2.75) is 26.3 Å². The standard InChI is InChI=1S/C12H27N3/c1-10(2)12(13)9-15(4)8-11-5-6-14(3)7-11/h10-12H,5-9,13H2,1-4H3. The van der Waals surface area contributed by atoms with Gasteiger partial charge in [-0.15, -0.1) is 0 Å². The van der Waals surface area contributed by atoms with Crippen LogP contribution < -0.4 is 5.73 Å². The van der Waals surface area contributed by atoms with Gasteiger partial charge in [0.25, 0.3) is 0 Å². The van der Waals surface area contributed by atoms with Crippen LogP contribution in [0, 0.1) is 11.8 Å². The predicted molar refractivity (Wildman–Crippen MR) is 65.9 cm³/mol. The molecule has 0 aromatic rings. The zero-order valence-corrected chi connectivity index (χ0v) is 10.7. The summed E-state index contributed by atoms with van der Waals surface area (Å²) < 4.78 is 0. The van der Waals surface area contributed by atoms with E-state index in [1.165, 1.54) is 26.1 Å². The lowest BCUT2D eigenvalue weighted by atomic mass is 10.0. The third kappa shape index (κ3) is 4.49. The highest BCUT2D eigenvalue weighted by atomic mass is 15.2. The number of likely N-dealkylation sites (N-methyl/N-ethyl adjacent to an activating group) is 1. The summed E-state index contributed by atoms with van der Waals surface area (Å²) in [4.78, 5) is 4.81. The van der Waals surface area contributed by atoms with Gasteiger partial charge in [0, 0.05) is 25.7 Å². The number of nitrogens with zero attached hydrogens (tertiary/aromatic N) is 2. The summed E-state index contributed by atoms with van der Waals surface area (Å²) in [7, 11) is 4.40. The summed E-state index contributed by atoms with van der Waals surface area (Å²) in [5, 5.41) is 0. The first-order valence-electron chi connectivity index (χ1n) is 6.11. The second-order valence-electron chi connectivity index (χ2n) is 5.55. The Morgan fingerprint density at radius 3 is 2.60 bits per heavy atom. The van der Waals surface area contributed by atoms with Gasteiger partial charge < -0.3 is 15.5 Å². The van der Waals surface area contributed by atoms with Crippen LogP contribution in [0.15, 0.2) is 0 Å². The van der Waals surface area contributed by atoms with E-state index in [2.05, 4.69) is 37.7 Å². The number of nitrogens with two attached hydrogens (primary N) is 1. The molecule has 3 nitrogen and oxygen atoms in total. The van der Waals surface area contributed by atoms with Crippen LogP contribution in [0.4, 0.5) is 0 Å². The van der Waals surface area contributed by atoms with Gasteiger partial charge in [0.1, 0.15) is 0 Å². The number of hydrogen-bond donors (Lipinski definition) is 1. The predicted octanol–water partition coefficient (Wildman–Crippen LogP) is 0.853. The van der Waals surface area contributed by atoms with Gasteiger partial charge >= 0.3 is 0 Å². The minimum Gasteiger partial charge on any atom is -0.326 e. The molecular formula is C12H27N3. The molecule has 0 bridgehead atoms. The topological polar surface area (TPSA) is 32.5 Å². The molecule has 0 amide bonds. The maximum absolute atomic E-state index is 6.07. The fourth-order valence-corrected chi connectivity index (χ4v) is 2.26. The molecule has 0 saturated carbocycles. The van der Waals surface area contributed by atoms with Gasteiger partial charge in [0.15, 0.2) is 0 Å². The number of hydrogen-bond acceptors (Lipinski definition) is 3. The minimum atomic E-state index is 0.314. The van der Waals surface area contributed by atoms with Crippen LogP contribution in [0.1, 0.15) is 20.3 Å². The molecule has 0 aliphatic carbocycles. The van der Waals surface area contributed by atoms with Crippen molar-refractivity contribution >= 4 is 0 Å². The van der Waals surface area contributed by atoms with Crippen molar-refractivity contribution in [3.63, 3.8) is 0 Å². The summed E-state index contributed by atoms with van der Waals surface area (Å²) >= 11 is 0. The summed E-state index contributed by atoms with van der Waals surface area (Å²) in [6.07, 6.45) is 1.34. The Morgan fingerprint density at radius 2 is 2.13 bits per heavy atom. The molecule has 90 valence electrons.